The van der Waals surface area contributed by atoms with E-state index >= 15 is 0 Å². The molecule has 2 aromatic carbocycles. The van der Waals surface area contributed by atoms with E-state index in [2.05, 4.69) is 5.32 Å². The van der Waals surface area contributed by atoms with Gasteiger partial charge in [-0.05, 0) is 37.5 Å². The van der Waals surface area contributed by atoms with Gasteiger partial charge in [0.05, 0.1) is 10.9 Å². The number of hydrogen-bond acceptors (Lipinski definition) is 5. The number of carbonyl (C=O) groups is 2. The molecule has 1 N–H and O–H groups in total. The van der Waals surface area contributed by atoms with Crippen LogP contribution in [0.4, 0.5) is 5.69 Å². The molecule has 2 heterocycles. The Bertz CT molecular complexity index is 1080. The quantitative estimate of drug-likeness (QED) is 0.772. The molecule has 0 bridgehead atoms. The highest BCUT2D eigenvalue weighted by atomic mass is 32.2. The molecule has 31 heavy (non-hydrogen) atoms. The predicted molar refractivity (Wildman–Crippen MR) is 126 cm³/mol. The first kappa shape index (κ1) is 21.3. The fourth-order valence-corrected chi connectivity index (χ4v) is 4.47. The summed E-state index contributed by atoms with van der Waals surface area (Å²) in [5.74, 6) is 0.527. The van der Waals surface area contributed by atoms with Gasteiger partial charge < -0.3 is 5.32 Å². The number of carbonyl (C=O) groups excluding carboxylic acids is 2. The molecule has 0 aliphatic carbocycles. The molecule has 0 unspecified atom stereocenters. The van der Waals surface area contributed by atoms with Gasteiger partial charge in [-0.1, -0.05) is 67.6 Å². The van der Waals surface area contributed by atoms with Gasteiger partial charge in [-0.15, -0.1) is 0 Å². The molecule has 6 nitrogen and oxygen atoms in total. The molecular weight excluding hydrogens is 408 g/mol. The highest BCUT2D eigenvalue weighted by Crippen LogP contribution is 2.35. The fraction of sp³-hybridized carbons (Fsp3) is 0.333. The largest absolute Gasteiger partial charge is 0.351 e. The van der Waals surface area contributed by atoms with E-state index in [1.165, 1.54) is 17.3 Å². The van der Waals surface area contributed by atoms with Crippen LogP contribution in [0.3, 0.4) is 0 Å². The number of thioether (sulfide) groups is 1. The molecule has 0 aromatic heterocycles. The Morgan fingerprint density at radius 3 is 2.55 bits per heavy atom. The van der Waals surface area contributed by atoms with E-state index in [4.69, 9.17) is 9.98 Å². The first-order valence-corrected chi connectivity index (χ1v) is 11.3. The lowest BCUT2D eigenvalue weighted by Crippen LogP contribution is -2.43. The molecule has 0 saturated carbocycles. The number of aryl methyl sites for hydroxylation is 1. The van der Waals surface area contributed by atoms with Crippen LogP contribution in [-0.2, 0) is 16.1 Å². The molecule has 0 spiro atoms. The zero-order valence-corrected chi connectivity index (χ0v) is 18.9. The third-order valence-corrected chi connectivity index (χ3v) is 6.42. The molecule has 2 aliphatic heterocycles. The summed E-state index contributed by atoms with van der Waals surface area (Å²) >= 11 is 1.29. The Balaban J connectivity index is 1.52. The van der Waals surface area contributed by atoms with Crippen molar-refractivity contribution in [2.24, 2.45) is 15.9 Å². The van der Waals surface area contributed by atoms with Crippen molar-refractivity contribution in [3.8, 4) is 0 Å². The van der Waals surface area contributed by atoms with E-state index in [9.17, 15) is 9.59 Å². The van der Waals surface area contributed by atoms with Crippen molar-refractivity contribution >= 4 is 40.3 Å². The summed E-state index contributed by atoms with van der Waals surface area (Å²) in [4.78, 5) is 36.8. The first-order chi connectivity index (χ1) is 14.8. The monoisotopic (exact) mass is 434 g/mol. The maximum absolute atomic E-state index is 13.1. The van der Waals surface area contributed by atoms with Gasteiger partial charge in [0.2, 0.25) is 5.91 Å². The Morgan fingerprint density at radius 1 is 1.13 bits per heavy atom. The van der Waals surface area contributed by atoms with Gasteiger partial charge >= 0.3 is 0 Å². The molecule has 2 aromatic rings. The second-order valence-corrected chi connectivity index (χ2v) is 9.50. The molecule has 0 fully saturated rings. The van der Waals surface area contributed by atoms with Crippen molar-refractivity contribution in [1.82, 2.24) is 10.2 Å². The summed E-state index contributed by atoms with van der Waals surface area (Å²) in [6, 6.07) is 15.3. The molecule has 160 valence electrons. The van der Waals surface area contributed by atoms with Gasteiger partial charge in [0, 0.05) is 12.1 Å². The van der Waals surface area contributed by atoms with Crippen molar-refractivity contribution in [1.29, 1.82) is 0 Å². The van der Waals surface area contributed by atoms with Crippen LogP contribution in [0.1, 0.15) is 37.5 Å². The summed E-state index contributed by atoms with van der Waals surface area (Å²) in [6.45, 7) is 8.30. The van der Waals surface area contributed by atoms with E-state index in [-0.39, 0.29) is 17.7 Å². The molecule has 2 aliphatic rings. The number of aliphatic imine (C=N–C) groups is 2. The molecule has 0 radical (unpaired) electrons. The first-order valence-electron chi connectivity index (χ1n) is 10.4. The minimum absolute atomic E-state index is 0.0826. The number of amidine groups is 2. The van der Waals surface area contributed by atoms with Crippen LogP contribution in [-0.4, -0.2) is 39.0 Å². The van der Waals surface area contributed by atoms with Crippen LogP contribution >= 0.6 is 11.8 Å². The van der Waals surface area contributed by atoms with E-state index in [1.807, 2.05) is 76.2 Å². The van der Waals surface area contributed by atoms with Crippen LogP contribution in [0.5, 0.6) is 0 Å². The van der Waals surface area contributed by atoms with E-state index < -0.39 is 11.3 Å². The third kappa shape index (κ3) is 4.28. The standard InChI is InChI=1S/C24H26N4O2S/c1-14(2)20-23(30)28-21(27-20)18-7-5-6-8-19(18)26-24(28)31-16(4)22(29)25-13-17-11-9-15(3)10-12-17/h5-12,14,16,20H,13H2,1-4H3,(H,25,29)/t16-,20-/m1/s1. The molecule has 4 rings (SSSR count). The number of benzene rings is 2. The van der Waals surface area contributed by atoms with Gasteiger partial charge in [0.1, 0.15) is 11.9 Å². The third-order valence-electron chi connectivity index (χ3n) is 5.37. The second-order valence-electron chi connectivity index (χ2n) is 8.19. The maximum atomic E-state index is 13.1. The summed E-state index contributed by atoms with van der Waals surface area (Å²) < 4.78 is 0. The smallest absolute Gasteiger partial charge is 0.259 e. The minimum Gasteiger partial charge on any atom is -0.351 e. The average molecular weight is 435 g/mol. The number of hydrogen-bond donors (Lipinski definition) is 1. The SMILES string of the molecule is Cc1ccc(CNC(=O)[C@@H](C)SC2=Nc3ccccc3C3=N[C@H](C(C)C)C(=O)N23)cc1. The summed E-state index contributed by atoms with van der Waals surface area (Å²) in [7, 11) is 0. The van der Waals surface area contributed by atoms with E-state index in [1.54, 1.807) is 4.90 Å². The Kier molecular flexibility index (Phi) is 5.96. The lowest BCUT2D eigenvalue weighted by Gasteiger charge is -2.27. The number of nitrogens with zero attached hydrogens (tertiary/aromatic N) is 3. The number of amides is 2. The van der Waals surface area contributed by atoms with Crippen molar-refractivity contribution in [3.63, 3.8) is 0 Å². The molecule has 0 saturated heterocycles. The molecule has 7 heteroatoms. The summed E-state index contributed by atoms with van der Waals surface area (Å²) in [5, 5.41) is 3.06. The average Bonchev–Trinajstić information content (AvgIpc) is 3.11. The summed E-state index contributed by atoms with van der Waals surface area (Å²) in [6.07, 6.45) is 0. The zero-order chi connectivity index (χ0) is 22.1. The Hall–Kier alpha value is -2.93. The number of nitrogens with one attached hydrogen (secondary N) is 1. The maximum Gasteiger partial charge on any atom is 0.259 e. The lowest BCUT2D eigenvalue weighted by molar-refractivity contribution is -0.125. The highest BCUT2D eigenvalue weighted by molar-refractivity contribution is 8.15. The zero-order valence-electron chi connectivity index (χ0n) is 18.1. The van der Waals surface area contributed by atoms with Crippen LogP contribution in [0.15, 0.2) is 58.5 Å². The van der Waals surface area contributed by atoms with Crippen molar-refractivity contribution in [2.45, 2.75) is 45.5 Å². The van der Waals surface area contributed by atoms with Crippen molar-refractivity contribution < 1.29 is 9.59 Å². The minimum atomic E-state index is -0.433. The second kappa shape index (κ2) is 8.67. The van der Waals surface area contributed by atoms with Crippen molar-refractivity contribution in [3.05, 3.63) is 65.2 Å². The van der Waals surface area contributed by atoms with Crippen LogP contribution < -0.4 is 5.32 Å². The van der Waals surface area contributed by atoms with Gasteiger partial charge in [-0.3, -0.25) is 14.6 Å². The van der Waals surface area contributed by atoms with Gasteiger partial charge in [-0.2, -0.15) is 0 Å². The van der Waals surface area contributed by atoms with E-state index in [0.29, 0.717) is 17.5 Å². The van der Waals surface area contributed by atoms with Gasteiger partial charge in [0.25, 0.3) is 5.91 Å². The normalized spacial score (nSPS) is 18.3. The summed E-state index contributed by atoms with van der Waals surface area (Å²) in [5.41, 5.74) is 3.84. The fourth-order valence-electron chi connectivity index (χ4n) is 3.53. The molecular formula is C24H26N4O2S. The molecule has 2 atom stereocenters. The van der Waals surface area contributed by atoms with Crippen molar-refractivity contribution in [2.75, 3.05) is 0 Å². The lowest BCUT2D eigenvalue weighted by atomic mass is 10.1. The Morgan fingerprint density at radius 2 is 1.84 bits per heavy atom. The van der Waals surface area contributed by atoms with Crippen LogP contribution in [0.25, 0.3) is 0 Å². The van der Waals surface area contributed by atoms with E-state index in [0.717, 1.165) is 16.8 Å². The number of fused-ring (bicyclic) bond motifs is 3. The number of rotatable bonds is 5. The van der Waals surface area contributed by atoms with Crippen LogP contribution in [0.2, 0.25) is 0 Å². The Labute approximate surface area is 186 Å². The van der Waals surface area contributed by atoms with Gasteiger partial charge in [0.15, 0.2) is 5.17 Å². The van der Waals surface area contributed by atoms with Gasteiger partial charge in [-0.25, -0.2) is 9.89 Å². The highest BCUT2D eigenvalue weighted by Gasteiger charge is 2.43. The topological polar surface area (TPSA) is 74.1 Å². The molecule has 2 amide bonds. The predicted octanol–water partition coefficient (Wildman–Crippen LogP) is 4.05. The number of para-hydroxylation sites is 1. The van der Waals surface area contributed by atoms with Crippen LogP contribution in [0, 0.1) is 12.8 Å².